The molecule has 0 amide bonds. The van der Waals surface area contributed by atoms with Gasteiger partial charge in [0, 0.05) is 17.7 Å². The summed E-state index contributed by atoms with van der Waals surface area (Å²) in [5.74, 6) is -3.04. The molecule has 0 aromatic heterocycles. The molecule has 0 saturated carbocycles. The van der Waals surface area contributed by atoms with E-state index in [1.165, 1.54) is 23.3 Å². The topological polar surface area (TPSA) is 9.23 Å². The Morgan fingerprint density at radius 3 is 2.17 bits per heavy atom. The second-order valence-electron chi connectivity index (χ2n) is 7.01. The van der Waals surface area contributed by atoms with E-state index in [-0.39, 0.29) is 16.9 Å². The highest BCUT2D eigenvalue weighted by atomic mass is 19.2. The molecular formula is C24H18F4O. The molecule has 0 spiro atoms. The zero-order chi connectivity index (χ0) is 20.5. The van der Waals surface area contributed by atoms with Crippen LogP contribution in [0.25, 0.3) is 17.2 Å². The summed E-state index contributed by atoms with van der Waals surface area (Å²) in [5.41, 5.74) is 3.37. The van der Waals surface area contributed by atoms with E-state index < -0.39 is 23.8 Å². The maximum atomic E-state index is 14.6. The molecule has 148 valence electrons. The highest BCUT2D eigenvalue weighted by Crippen LogP contribution is 2.32. The van der Waals surface area contributed by atoms with Crippen LogP contribution in [0.4, 0.5) is 17.6 Å². The van der Waals surface area contributed by atoms with Crippen LogP contribution >= 0.6 is 0 Å². The fourth-order valence-electron chi connectivity index (χ4n) is 3.65. The summed E-state index contributed by atoms with van der Waals surface area (Å²) in [6.45, 7) is 3.31. The summed E-state index contributed by atoms with van der Waals surface area (Å²) in [5, 5.41) is 0. The number of benzene rings is 3. The third-order valence-corrected chi connectivity index (χ3v) is 5.17. The zero-order valence-corrected chi connectivity index (χ0v) is 15.5. The van der Waals surface area contributed by atoms with E-state index >= 15 is 0 Å². The van der Waals surface area contributed by atoms with E-state index in [4.69, 9.17) is 4.74 Å². The van der Waals surface area contributed by atoms with Crippen molar-refractivity contribution in [2.75, 3.05) is 0 Å². The molecule has 1 aliphatic rings. The number of rotatable bonds is 5. The third kappa shape index (κ3) is 3.77. The molecule has 3 aromatic carbocycles. The lowest BCUT2D eigenvalue weighted by Gasteiger charge is -2.14. The minimum absolute atomic E-state index is 0.336. The molecule has 1 aliphatic carbocycles. The molecule has 1 atom stereocenters. The lowest BCUT2D eigenvalue weighted by Crippen LogP contribution is -2.05. The van der Waals surface area contributed by atoms with E-state index in [2.05, 4.69) is 6.58 Å². The normalized spacial score (nSPS) is 13.8. The lowest BCUT2D eigenvalue weighted by molar-refractivity contribution is 0.0630. The van der Waals surface area contributed by atoms with Crippen molar-refractivity contribution < 1.29 is 22.3 Å². The molecule has 0 heterocycles. The summed E-state index contributed by atoms with van der Waals surface area (Å²) in [6.07, 6.45) is 1.97. The van der Waals surface area contributed by atoms with Crippen molar-refractivity contribution in [3.63, 3.8) is 0 Å². The van der Waals surface area contributed by atoms with Gasteiger partial charge in [-0.2, -0.15) is 4.39 Å². The third-order valence-electron chi connectivity index (χ3n) is 5.17. The van der Waals surface area contributed by atoms with Crippen molar-refractivity contribution >= 4 is 6.08 Å². The van der Waals surface area contributed by atoms with Crippen molar-refractivity contribution in [3.8, 4) is 16.9 Å². The number of alkyl halides is 1. The van der Waals surface area contributed by atoms with Crippen molar-refractivity contribution in [2.24, 2.45) is 0 Å². The van der Waals surface area contributed by atoms with Crippen LogP contribution in [0.2, 0.25) is 0 Å². The summed E-state index contributed by atoms with van der Waals surface area (Å²) in [7, 11) is 0. The van der Waals surface area contributed by atoms with Gasteiger partial charge in [0.1, 0.15) is 23.2 Å². The average molecular weight is 398 g/mol. The van der Waals surface area contributed by atoms with Crippen LogP contribution < -0.4 is 4.74 Å². The van der Waals surface area contributed by atoms with Crippen molar-refractivity contribution in [1.82, 2.24) is 0 Å². The van der Waals surface area contributed by atoms with Crippen LogP contribution in [0, 0.1) is 17.5 Å². The molecule has 1 nitrogen and oxygen atoms in total. The fraction of sp³-hybridized carbons (Fsp3) is 0.167. The highest BCUT2D eigenvalue weighted by molar-refractivity contribution is 5.66. The summed E-state index contributed by atoms with van der Waals surface area (Å²) in [4.78, 5) is 0. The first-order valence-electron chi connectivity index (χ1n) is 9.30. The van der Waals surface area contributed by atoms with Crippen molar-refractivity contribution in [1.29, 1.82) is 0 Å². The first-order valence-corrected chi connectivity index (χ1v) is 9.30. The first-order chi connectivity index (χ1) is 14.0. The Bertz CT molecular complexity index is 1070. The predicted molar refractivity (Wildman–Crippen MR) is 105 cm³/mol. The first kappa shape index (κ1) is 19.2. The lowest BCUT2D eigenvalue weighted by atomic mass is 9.99. The quantitative estimate of drug-likeness (QED) is 0.423. The van der Waals surface area contributed by atoms with Crippen LogP contribution in [-0.2, 0) is 12.8 Å². The molecule has 0 bridgehead atoms. The molecule has 1 unspecified atom stereocenters. The van der Waals surface area contributed by atoms with E-state index in [0.29, 0.717) is 5.56 Å². The number of hydrogen-bond acceptors (Lipinski definition) is 1. The number of hydrogen-bond donors (Lipinski definition) is 0. The summed E-state index contributed by atoms with van der Waals surface area (Å²) in [6, 6.07) is 11.8. The number of halogens is 4. The van der Waals surface area contributed by atoms with Gasteiger partial charge in [0.15, 0.2) is 0 Å². The molecule has 0 aliphatic heterocycles. The molecular weight excluding hydrogens is 380 g/mol. The molecule has 0 radical (unpaired) electrons. The SMILES string of the molecule is C=Cc1c(F)cc(OC(F)c2ccc(-c3ccc4c(c3)CCC4)cc2F)cc1F. The molecule has 4 rings (SSSR count). The minimum Gasteiger partial charge on any atom is -0.456 e. The van der Waals surface area contributed by atoms with Crippen LogP contribution in [0.3, 0.4) is 0 Å². The molecule has 5 heteroatoms. The monoisotopic (exact) mass is 398 g/mol. The van der Waals surface area contributed by atoms with Crippen molar-refractivity contribution in [3.05, 3.63) is 94.8 Å². The van der Waals surface area contributed by atoms with Gasteiger partial charge in [0.2, 0.25) is 0 Å². The standard InChI is InChI=1S/C24H18F4O/c1-2-19-22(26)12-18(13-23(19)27)29-24(28)20-9-8-17(11-21(20)25)16-7-6-14-4-3-5-15(14)10-16/h2,6-13,24H,1,3-5H2. The van der Waals surface area contributed by atoms with Gasteiger partial charge >= 0.3 is 0 Å². The van der Waals surface area contributed by atoms with Gasteiger partial charge in [-0.3, -0.25) is 0 Å². The maximum absolute atomic E-state index is 14.6. The van der Waals surface area contributed by atoms with Gasteiger partial charge in [0.25, 0.3) is 6.36 Å². The van der Waals surface area contributed by atoms with Gasteiger partial charge in [-0.15, -0.1) is 0 Å². The average Bonchev–Trinajstić information content (AvgIpc) is 3.15. The van der Waals surface area contributed by atoms with Crippen LogP contribution in [0.5, 0.6) is 5.75 Å². The van der Waals surface area contributed by atoms with E-state index in [1.807, 2.05) is 18.2 Å². The predicted octanol–water partition coefficient (Wildman–Crippen LogP) is 6.95. The Morgan fingerprint density at radius 2 is 1.48 bits per heavy atom. The maximum Gasteiger partial charge on any atom is 0.267 e. The molecule has 0 saturated heterocycles. The number of fused-ring (bicyclic) bond motifs is 1. The summed E-state index contributed by atoms with van der Waals surface area (Å²) >= 11 is 0. The van der Waals surface area contributed by atoms with Gasteiger partial charge in [-0.1, -0.05) is 36.9 Å². The number of aryl methyl sites for hydroxylation is 2. The smallest absolute Gasteiger partial charge is 0.267 e. The molecule has 29 heavy (non-hydrogen) atoms. The second-order valence-corrected chi connectivity index (χ2v) is 7.01. The molecule has 0 fully saturated rings. The Balaban J connectivity index is 1.57. The fourth-order valence-corrected chi connectivity index (χ4v) is 3.65. The second kappa shape index (κ2) is 7.74. The Hall–Kier alpha value is -3.08. The van der Waals surface area contributed by atoms with Gasteiger partial charge in [-0.25, -0.2) is 13.2 Å². The Kier molecular flexibility index (Phi) is 5.14. The van der Waals surface area contributed by atoms with Crippen LogP contribution in [0.1, 0.15) is 35.0 Å². The van der Waals surface area contributed by atoms with Gasteiger partial charge < -0.3 is 4.74 Å². The van der Waals surface area contributed by atoms with Crippen molar-refractivity contribution in [2.45, 2.75) is 25.6 Å². The summed E-state index contributed by atoms with van der Waals surface area (Å²) < 4.78 is 61.6. The minimum atomic E-state index is -2.21. The van der Waals surface area contributed by atoms with Crippen LogP contribution in [0.15, 0.2) is 55.1 Å². The molecule has 0 N–H and O–H groups in total. The van der Waals surface area contributed by atoms with Gasteiger partial charge in [-0.05, 0) is 53.6 Å². The zero-order valence-electron chi connectivity index (χ0n) is 15.5. The molecule has 3 aromatic rings. The Labute approximate surface area is 166 Å². The largest absolute Gasteiger partial charge is 0.456 e. The van der Waals surface area contributed by atoms with E-state index in [1.54, 1.807) is 6.07 Å². The van der Waals surface area contributed by atoms with E-state index in [9.17, 15) is 17.6 Å². The number of ether oxygens (including phenoxy) is 1. The van der Waals surface area contributed by atoms with Gasteiger partial charge in [0.05, 0.1) is 5.56 Å². The highest BCUT2D eigenvalue weighted by Gasteiger charge is 2.20. The van der Waals surface area contributed by atoms with Crippen LogP contribution in [-0.4, -0.2) is 0 Å². The van der Waals surface area contributed by atoms with E-state index in [0.717, 1.165) is 43.0 Å². The Morgan fingerprint density at radius 1 is 0.828 bits per heavy atom.